The van der Waals surface area contributed by atoms with Gasteiger partial charge in [0.25, 0.3) is 0 Å². The van der Waals surface area contributed by atoms with E-state index in [9.17, 15) is 19.8 Å². The molecular formula is C14H9LiO4. The molecule has 2 N–H and O–H groups in total. The number of carboxylic acid groups (broad SMARTS) is 2. The monoisotopic (exact) mass is 248 g/mol. The minimum absolute atomic E-state index is 0.0931. The molecule has 4 nitrogen and oxygen atoms in total. The molecule has 0 aliphatic rings. The summed E-state index contributed by atoms with van der Waals surface area (Å²) in [5.41, 5.74) is 1.06. The van der Waals surface area contributed by atoms with E-state index in [1.54, 1.807) is 54.1 Å². The number of aromatic carboxylic acids is 2. The molecular weight excluding hydrogens is 239 g/mol. The van der Waals surface area contributed by atoms with Crippen molar-refractivity contribution in [1.82, 2.24) is 0 Å². The molecule has 0 spiro atoms. The van der Waals surface area contributed by atoms with E-state index in [0.29, 0.717) is 15.4 Å². The Labute approximate surface area is 118 Å². The van der Waals surface area contributed by atoms with Gasteiger partial charge in [0.2, 0.25) is 0 Å². The molecule has 0 aliphatic heterocycles. The first-order valence-electron chi connectivity index (χ1n) is 5.68. The third-order valence-electron chi connectivity index (χ3n) is 2.93. The van der Waals surface area contributed by atoms with Crippen molar-refractivity contribution >= 4 is 33.9 Å². The summed E-state index contributed by atoms with van der Waals surface area (Å²) < 4.78 is 0.602. The molecule has 0 bridgehead atoms. The van der Waals surface area contributed by atoms with Crippen LogP contribution in [-0.4, -0.2) is 39.9 Å². The van der Waals surface area contributed by atoms with E-state index in [4.69, 9.17) is 0 Å². The Balaban J connectivity index is 2.76. The molecule has 0 saturated carbocycles. The molecule has 0 aliphatic carbocycles. The van der Waals surface area contributed by atoms with Gasteiger partial charge in [0.05, 0.1) is 0 Å². The number of carboxylic acids is 2. The molecule has 0 fully saturated rings. The average molecular weight is 248 g/mol. The average Bonchev–Trinajstić information content (AvgIpc) is 2.37. The molecule has 2 rings (SSSR count). The van der Waals surface area contributed by atoms with Crippen molar-refractivity contribution in [2.24, 2.45) is 0 Å². The standard InChI is InChI=1S/C14H9O4.Li/c15-13(16)11-7-3-1-5-9(11)10-6-2-4-8-12(10)14(17)18;/h1-7H,(H,15,16)(H,17,18);. The predicted octanol–water partition coefficient (Wildman–Crippen LogP) is 1.54. The van der Waals surface area contributed by atoms with E-state index in [2.05, 4.69) is 0 Å². The third-order valence-corrected chi connectivity index (χ3v) is 2.93. The van der Waals surface area contributed by atoms with Crippen LogP contribution in [0.2, 0.25) is 0 Å². The minimum atomic E-state index is -1.08. The van der Waals surface area contributed by atoms with E-state index in [1.807, 2.05) is 0 Å². The van der Waals surface area contributed by atoms with E-state index < -0.39 is 11.9 Å². The Hall–Kier alpha value is -2.02. The van der Waals surface area contributed by atoms with Gasteiger partial charge in [-0.2, -0.15) is 0 Å². The molecule has 0 aromatic heterocycles. The van der Waals surface area contributed by atoms with E-state index >= 15 is 0 Å². The molecule has 90 valence electrons. The van der Waals surface area contributed by atoms with Crippen LogP contribution in [0.4, 0.5) is 0 Å². The zero-order valence-electron chi connectivity index (χ0n) is 10.3. The van der Waals surface area contributed by atoms with Gasteiger partial charge in [-0.3, -0.25) is 0 Å². The fourth-order valence-corrected chi connectivity index (χ4v) is 2.08. The molecule has 2 aromatic rings. The second-order valence-electron chi connectivity index (χ2n) is 4.15. The summed E-state index contributed by atoms with van der Waals surface area (Å²) >= 11 is 1.69. The Morgan fingerprint density at radius 3 is 2.11 bits per heavy atom. The number of hydrogen-bond donors (Lipinski definition) is 2. The Morgan fingerprint density at radius 1 is 0.842 bits per heavy atom. The van der Waals surface area contributed by atoms with E-state index in [-0.39, 0.29) is 11.1 Å². The van der Waals surface area contributed by atoms with Gasteiger partial charge in [0, 0.05) is 0 Å². The Morgan fingerprint density at radius 2 is 1.47 bits per heavy atom. The predicted molar refractivity (Wildman–Crippen MR) is 71.2 cm³/mol. The van der Waals surface area contributed by atoms with Gasteiger partial charge in [-0.05, 0) is 0 Å². The molecule has 5 heteroatoms. The summed E-state index contributed by atoms with van der Waals surface area (Å²) in [4.78, 5) is 22.6. The zero-order chi connectivity index (χ0) is 14.0. The van der Waals surface area contributed by atoms with Crippen molar-refractivity contribution in [3.63, 3.8) is 0 Å². The van der Waals surface area contributed by atoms with Gasteiger partial charge in [-0.1, -0.05) is 0 Å². The van der Waals surface area contributed by atoms with Crippen LogP contribution in [0.3, 0.4) is 0 Å². The van der Waals surface area contributed by atoms with Crippen molar-refractivity contribution in [3.05, 3.63) is 53.6 Å². The van der Waals surface area contributed by atoms with E-state index in [0.717, 1.165) is 0 Å². The molecule has 0 unspecified atom stereocenters. The summed E-state index contributed by atoms with van der Waals surface area (Å²) in [6, 6.07) is 11.4. The molecule has 19 heavy (non-hydrogen) atoms. The van der Waals surface area contributed by atoms with Gasteiger partial charge in [0.1, 0.15) is 0 Å². The van der Waals surface area contributed by atoms with Crippen molar-refractivity contribution in [2.75, 3.05) is 0 Å². The Bertz CT molecular complexity index is 664. The number of carbonyl (C=O) groups is 2. The molecule has 2 aromatic carbocycles. The van der Waals surface area contributed by atoms with Gasteiger partial charge in [-0.25, -0.2) is 0 Å². The maximum absolute atomic E-state index is 11.3. The van der Waals surface area contributed by atoms with Crippen LogP contribution in [0, 0.1) is 0 Å². The van der Waals surface area contributed by atoms with Crippen molar-refractivity contribution in [3.8, 4) is 11.1 Å². The molecule has 0 heterocycles. The summed E-state index contributed by atoms with van der Waals surface area (Å²) in [6.07, 6.45) is 0. The van der Waals surface area contributed by atoms with Gasteiger partial charge in [0.15, 0.2) is 0 Å². The topological polar surface area (TPSA) is 74.6 Å². The summed E-state index contributed by atoms with van der Waals surface area (Å²) in [6.45, 7) is 0. The number of benzene rings is 2. The fraction of sp³-hybridized carbons (Fsp3) is 0. The van der Waals surface area contributed by atoms with Crippen molar-refractivity contribution in [2.45, 2.75) is 0 Å². The van der Waals surface area contributed by atoms with Crippen molar-refractivity contribution < 1.29 is 19.8 Å². The van der Waals surface area contributed by atoms with Gasteiger partial charge in [-0.15, -0.1) is 0 Å². The van der Waals surface area contributed by atoms with Crippen molar-refractivity contribution in [1.29, 1.82) is 0 Å². The zero-order valence-corrected chi connectivity index (χ0v) is 10.3. The normalized spacial score (nSPS) is 10.2. The summed E-state index contributed by atoms with van der Waals surface area (Å²) in [7, 11) is 0. The van der Waals surface area contributed by atoms with Crippen LogP contribution in [0.25, 0.3) is 11.1 Å². The molecule has 0 amide bonds. The van der Waals surface area contributed by atoms with Crippen LogP contribution in [-0.2, 0) is 0 Å². The second-order valence-corrected chi connectivity index (χ2v) is 4.15. The van der Waals surface area contributed by atoms with Crippen LogP contribution < -0.4 is 4.24 Å². The van der Waals surface area contributed by atoms with Crippen LogP contribution in [0.1, 0.15) is 20.7 Å². The number of rotatable bonds is 3. The Kier molecular flexibility index (Phi) is 3.75. The van der Waals surface area contributed by atoms with Gasteiger partial charge >= 0.3 is 118 Å². The quantitative estimate of drug-likeness (QED) is 0.808. The number of hydrogen-bond acceptors (Lipinski definition) is 2. The first kappa shape index (κ1) is 13.4. The second kappa shape index (κ2) is 5.31. The molecule has 0 atom stereocenters. The van der Waals surface area contributed by atoms with Crippen LogP contribution >= 0.6 is 0 Å². The van der Waals surface area contributed by atoms with Crippen LogP contribution in [0.5, 0.6) is 0 Å². The SMILES string of the molecule is [Li][c]1cccc(-c2ccccc2C(=O)O)c1C(=O)O. The first-order chi connectivity index (χ1) is 9.02. The molecule has 0 saturated heterocycles. The fourth-order valence-electron chi connectivity index (χ4n) is 2.08. The molecule has 0 radical (unpaired) electrons. The summed E-state index contributed by atoms with van der Waals surface area (Å²) in [5.74, 6) is -2.14. The first-order valence-corrected chi connectivity index (χ1v) is 5.68. The third kappa shape index (κ3) is 2.55. The maximum atomic E-state index is 11.3. The van der Waals surface area contributed by atoms with E-state index in [1.165, 1.54) is 6.07 Å². The summed E-state index contributed by atoms with van der Waals surface area (Å²) in [5, 5.41) is 18.5. The van der Waals surface area contributed by atoms with Crippen LogP contribution in [0.15, 0.2) is 42.5 Å². The van der Waals surface area contributed by atoms with Gasteiger partial charge < -0.3 is 0 Å².